The molecule has 4 rings (SSSR count). The second-order valence-electron chi connectivity index (χ2n) is 5.48. The van der Waals surface area contributed by atoms with E-state index in [1.807, 2.05) is 48.6 Å². The molecule has 0 radical (unpaired) electrons. The molecule has 0 amide bonds. The molecule has 1 saturated heterocycles. The number of hydrogen-bond acceptors (Lipinski definition) is 3. The van der Waals surface area contributed by atoms with Crippen molar-refractivity contribution < 1.29 is 4.74 Å². The first-order valence-corrected chi connectivity index (χ1v) is 8.19. The van der Waals surface area contributed by atoms with Crippen LogP contribution in [0.3, 0.4) is 0 Å². The number of benzene rings is 1. The zero-order valence-electron chi connectivity index (χ0n) is 11.9. The third-order valence-corrected chi connectivity index (χ3v) is 6.06. The molecule has 3 aliphatic rings. The number of rotatable bonds is 1. The highest BCUT2D eigenvalue weighted by Crippen LogP contribution is 2.67. The number of nitrogens with zero attached hydrogens (tertiary/aromatic N) is 2. The molecule has 2 unspecified atom stereocenters. The summed E-state index contributed by atoms with van der Waals surface area (Å²) in [6.45, 7) is 0.212. The van der Waals surface area contributed by atoms with Crippen molar-refractivity contribution in [3.8, 4) is 0 Å². The lowest BCUT2D eigenvalue weighted by Gasteiger charge is -2.20. The SMILES string of the molecule is CN=C1C[N+]([O-])=C(c2ccccc2)C23C=C(Cl)C=CC2(N1)S3. The van der Waals surface area contributed by atoms with Gasteiger partial charge in [-0.3, -0.25) is 4.99 Å². The van der Waals surface area contributed by atoms with Gasteiger partial charge in [0.05, 0.1) is 0 Å². The predicted molar refractivity (Wildman–Crippen MR) is 91.7 cm³/mol. The maximum atomic E-state index is 12.8. The zero-order valence-corrected chi connectivity index (χ0v) is 13.5. The molecule has 0 saturated carbocycles. The molecule has 1 aliphatic carbocycles. The van der Waals surface area contributed by atoms with Crippen LogP contribution in [0.4, 0.5) is 0 Å². The molecule has 2 aliphatic heterocycles. The van der Waals surface area contributed by atoms with Crippen LogP contribution in [0.1, 0.15) is 5.56 Å². The Bertz CT molecular complexity index is 771. The second kappa shape index (κ2) is 4.64. The Kier molecular flexibility index (Phi) is 2.93. The van der Waals surface area contributed by atoms with Crippen molar-refractivity contribution in [3.63, 3.8) is 0 Å². The van der Waals surface area contributed by atoms with E-state index in [0.29, 0.717) is 10.9 Å². The summed E-state index contributed by atoms with van der Waals surface area (Å²) in [6, 6.07) is 9.76. The van der Waals surface area contributed by atoms with E-state index in [-0.39, 0.29) is 11.4 Å². The molecule has 2 heterocycles. The van der Waals surface area contributed by atoms with Crippen LogP contribution in [-0.4, -0.2) is 39.5 Å². The minimum atomic E-state index is -0.478. The summed E-state index contributed by atoms with van der Waals surface area (Å²) in [6.07, 6.45) is 5.88. The van der Waals surface area contributed by atoms with E-state index in [4.69, 9.17) is 11.6 Å². The minimum Gasteiger partial charge on any atom is -0.623 e. The molecule has 22 heavy (non-hydrogen) atoms. The van der Waals surface area contributed by atoms with Crippen LogP contribution in [0, 0.1) is 5.21 Å². The van der Waals surface area contributed by atoms with E-state index in [2.05, 4.69) is 10.3 Å². The largest absolute Gasteiger partial charge is 0.623 e. The summed E-state index contributed by atoms with van der Waals surface area (Å²) in [7, 11) is 1.70. The summed E-state index contributed by atoms with van der Waals surface area (Å²) in [4.78, 5) is 3.84. The topological polar surface area (TPSA) is 50.5 Å². The van der Waals surface area contributed by atoms with Gasteiger partial charge in [-0.2, -0.15) is 4.74 Å². The summed E-state index contributed by atoms with van der Waals surface area (Å²) in [5.41, 5.74) is 1.65. The van der Waals surface area contributed by atoms with E-state index in [1.165, 1.54) is 0 Å². The van der Waals surface area contributed by atoms with Crippen molar-refractivity contribution in [2.24, 2.45) is 4.99 Å². The second-order valence-corrected chi connectivity index (χ2v) is 7.41. The number of thioether (sulfide) groups is 1. The van der Waals surface area contributed by atoms with E-state index >= 15 is 0 Å². The average Bonchev–Trinajstić information content (AvgIpc) is 3.16. The van der Waals surface area contributed by atoms with Crippen LogP contribution < -0.4 is 5.32 Å². The normalized spacial score (nSPS) is 34.5. The van der Waals surface area contributed by atoms with Crippen LogP contribution in [0.5, 0.6) is 0 Å². The summed E-state index contributed by atoms with van der Waals surface area (Å²) in [5.74, 6) is 0.686. The molecular weight excluding hydrogens is 318 g/mol. The number of allylic oxidation sites excluding steroid dienone is 2. The smallest absolute Gasteiger partial charge is 0.218 e. The minimum absolute atomic E-state index is 0.212. The molecule has 1 aromatic carbocycles. The number of nitrogens with one attached hydrogen (secondary N) is 1. The lowest BCUT2D eigenvalue weighted by molar-refractivity contribution is -0.441. The number of amidine groups is 1. The van der Waals surface area contributed by atoms with E-state index in [1.54, 1.807) is 18.8 Å². The molecule has 1 N–H and O–H groups in total. The molecule has 0 bridgehead atoms. The van der Waals surface area contributed by atoms with E-state index in [9.17, 15) is 5.21 Å². The van der Waals surface area contributed by atoms with Crippen LogP contribution in [0.25, 0.3) is 0 Å². The van der Waals surface area contributed by atoms with Gasteiger partial charge in [-0.05, 0) is 30.4 Å². The first kappa shape index (κ1) is 13.9. The van der Waals surface area contributed by atoms with Gasteiger partial charge < -0.3 is 10.5 Å². The van der Waals surface area contributed by atoms with Crippen molar-refractivity contribution in [1.82, 2.24) is 5.32 Å². The zero-order chi connectivity index (χ0) is 15.4. The van der Waals surface area contributed by atoms with Crippen molar-refractivity contribution in [3.05, 3.63) is 64.4 Å². The Morgan fingerprint density at radius 2 is 2.14 bits per heavy atom. The highest BCUT2D eigenvalue weighted by Gasteiger charge is 2.75. The van der Waals surface area contributed by atoms with Gasteiger partial charge in [0.2, 0.25) is 12.3 Å². The maximum Gasteiger partial charge on any atom is 0.218 e. The fourth-order valence-electron chi connectivity index (χ4n) is 3.15. The first-order valence-electron chi connectivity index (χ1n) is 6.99. The average molecular weight is 332 g/mol. The van der Waals surface area contributed by atoms with E-state index in [0.717, 1.165) is 16.0 Å². The first-order chi connectivity index (χ1) is 10.6. The monoisotopic (exact) mass is 331 g/mol. The molecule has 112 valence electrons. The number of hydroxylamine groups is 1. The number of halogens is 1. The van der Waals surface area contributed by atoms with Crippen molar-refractivity contribution in [1.29, 1.82) is 0 Å². The van der Waals surface area contributed by atoms with Gasteiger partial charge in [0.1, 0.15) is 4.87 Å². The Labute approximate surface area is 137 Å². The fraction of sp³-hybridized carbons (Fsp3) is 0.250. The predicted octanol–water partition coefficient (Wildman–Crippen LogP) is 2.49. The number of hydrogen-bond donors (Lipinski definition) is 1. The Balaban J connectivity index is 1.96. The van der Waals surface area contributed by atoms with Crippen molar-refractivity contribution >= 4 is 34.9 Å². The molecule has 1 aromatic rings. The van der Waals surface area contributed by atoms with Gasteiger partial charge in [0.25, 0.3) is 0 Å². The molecule has 2 atom stereocenters. The van der Waals surface area contributed by atoms with Crippen molar-refractivity contribution in [2.75, 3.05) is 13.6 Å². The van der Waals surface area contributed by atoms with E-state index < -0.39 is 4.75 Å². The lowest BCUT2D eigenvalue weighted by Crippen LogP contribution is -2.44. The van der Waals surface area contributed by atoms with Gasteiger partial charge in [-0.25, -0.2) is 0 Å². The Morgan fingerprint density at radius 1 is 1.36 bits per heavy atom. The van der Waals surface area contributed by atoms with Gasteiger partial charge in [-0.15, -0.1) is 11.8 Å². The Morgan fingerprint density at radius 3 is 2.86 bits per heavy atom. The summed E-state index contributed by atoms with van der Waals surface area (Å²) in [5, 5.41) is 16.9. The molecule has 1 fully saturated rings. The molecule has 0 spiro atoms. The molecular formula is C16H14ClN3OS. The third-order valence-electron chi connectivity index (χ3n) is 4.19. The molecule has 0 aromatic heterocycles. The van der Waals surface area contributed by atoms with Gasteiger partial charge in [0.15, 0.2) is 10.6 Å². The summed E-state index contributed by atoms with van der Waals surface area (Å²) < 4.78 is 0.556. The van der Waals surface area contributed by atoms with Crippen LogP contribution in [0.2, 0.25) is 0 Å². The van der Waals surface area contributed by atoms with Gasteiger partial charge in [-0.1, -0.05) is 29.8 Å². The standard InChI is InChI=1S/C16H14ClN3OS/c1-18-13-10-20(21)14(11-5-3-2-4-6-11)15-9-12(17)7-8-16(15,19-13)22-15/h2-9H,10H2,1H3,(H,18,19). The quantitative estimate of drug-likeness (QED) is 0.488. The molecule has 4 nitrogen and oxygen atoms in total. The summed E-state index contributed by atoms with van der Waals surface area (Å²) >= 11 is 7.92. The van der Waals surface area contributed by atoms with Crippen LogP contribution in [0.15, 0.2) is 58.6 Å². The van der Waals surface area contributed by atoms with Gasteiger partial charge >= 0.3 is 0 Å². The maximum absolute atomic E-state index is 12.8. The number of aliphatic imine (C=N–C) groups is 1. The fourth-order valence-corrected chi connectivity index (χ4v) is 4.98. The Hall–Kier alpha value is -1.72. The highest BCUT2D eigenvalue weighted by atomic mass is 35.5. The highest BCUT2D eigenvalue weighted by molar-refractivity contribution is 8.11. The third kappa shape index (κ3) is 1.79. The van der Waals surface area contributed by atoms with Crippen LogP contribution in [-0.2, 0) is 0 Å². The molecule has 6 heteroatoms. The van der Waals surface area contributed by atoms with Crippen LogP contribution >= 0.6 is 23.4 Å². The van der Waals surface area contributed by atoms with Crippen molar-refractivity contribution in [2.45, 2.75) is 9.62 Å². The van der Waals surface area contributed by atoms with Gasteiger partial charge in [0, 0.05) is 17.6 Å². The lowest BCUT2D eigenvalue weighted by atomic mass is 9.87.